The third-order valence-corrected chi connectivity index (χ3v) is 3.30. The van der Waals surface area contributed by atoms with Gasteiger partial charge in [-0.25, -0.2) is 4.39 Å². The molecule has 0 amide bonds. The molecule has 0 unspecified atom stereocenters. The Hall–Kier alpha value is -0.890. The molecule has 0 aliphatic rings. The van der Waals surface area contributed by atoms with Crippen LogP contribution >= 0.6 is 24.0 Å². The predicted molar refractivity (Wildman–Crippen MR) is 105 cm³/mol. The standard InChI is InChI=1S/C17H28FN3O.HI/c1-13(2)7-9-22-10-8-20-17(19-4)21-12-15-6-5-14(3)16(18)11-15;/h5-6,11,13H,7-10,12H2,1-4H3,(H2,19,20,21);1H. The molecule has 1 aromatic carbocycles. The first-order chi connectivity index (χ1) is 10.5. The van der Waals surface area contributed by atoms with Gasteiger partial charge in [-0.3, -0.25) is 4.99 Å². The van der Waals surface area contributed by atoms with Gasteiger partial charge >= 0.3 is 0 Å². The highest BCUT2D eigenvalue weighted by Crippen LogP contribution is 2.08. The fourth-order valence-corrected chi connectivity index (χ4v) is 1.82. The first-order valence-electron chi connectivity index (χ1n) is 7.80. The average molecular weight is 437 g/mol. The third kappa shape index (κ3) is 9.76. The van der Waals surface area contributed by atoms with Crippen molar-refractivity contribution >= 4 is 29.9 Å². The van der Waals surface area contributed by atoms with Gasteiger partial charge in [-0.05, 0) is 36.5 Å². The summed E-state index contributed by atoms with van der Waals surface area (Å²) in [6.45, 7) is 8.78. The molecule has 2 N–H and O–H groups in total. The molecule has 0 aliphatic heterocycles. The van der Waals surface area contributed by atoms with Crippen molar-refractivity contribution in [2.75, 3.05) is 26.8 Å². The van der Waals surface area contributed by atoms with Gasteiger partial charge in [-0.2, -0.15) is 0 Å². The maximum Gasteiger partial charge on any atom is 0.191 e. The summed E-state index contributed by atoms with van der Waals surface area (Å²) in [4.78, 5) is 4.13. The lowest BCUT2D eigenvalue weighted by atomic mass is 10.1. The molecule has 1 rings (SSSR count). The Balaban J connectivity index is 0.00000484. The van der Waals surface area contributed by atoms with Crippen LogP contribution in [0.4, 0.5) is 4.39 Å². The van der Waals surface area contributed by atoms with E-state index in [2.05, 4.69) is 29.5 Å². The normalized spacial score (nSPS) is 11.3. The molecule has 0 fully saturated rings. The van der Waals surface area contributed by atoms with Crippen molar-refractivity contribution in [3.05, 3.63) is 35.1 Å². The first-order valence-corrected chi connectivity index (χ1v) is 7.80. The van der Waals surface area contributed by atoms with E-state index in [4.69, 9.17) is 4.74 Å². The molecule has 0 aliphatic carbocycles. The van der Waals surface area contributed by atoms with Gasteiger partial charge in [-0.1, -0.05) is 26.0 Å². The monoisotopic (exact) mass is 437 g/mol. The summed E-state index contributed by atoms with van der Waals surface area (Å²) in [5, 5.41) is 6.33. The zero-order valence-electron chi connectivity index (χ0n) is 14.5. The molecule has 0 saturated carbocycles. The lowest BCUT2D eigenvalue weighted by Crippen LogP contribution is -2.38. The van der Waals surface area contributed by atoms with Crippen LogP contribution in [0.1, 0.15) is 31.4 Å². The zero-order chi connectivity index (χ0) is 16.4. The molecule has 0 atom stereocenters. The van der Waals surface area contributed by atoms with Gasteiger partial charge in [0.1, 0.15) is 5.82 Å². The Morgan fingerprint density at radius 2 is 2.00 bits per heavy atom. The Kier molecular flexibility index (Phi) is 12.0. The number of aryl methyl sites for hydroxylation is 1. The van der Waals surface area contributed by atoms with Gasteiger partial charge in [0.05, 0.1) is 6.61 Å². The number of aliphatic imine (C=N–C) groups is 1. The average Bonchev–Trinajstić information content (AvgIpc) is 2.49. The molecule has 132 valence electrons. The summed E-state index contributed by atoms with van der Waals surface area (Å²) in [6.07, 6.45) is 1.08. The molecule has 1 aromatic rings. The van der Waals surface area contributed by atoms with Gasteiger partial charge in [0, 0.05) is 26.7 Å². The minimum atomic E-state index is -0.180. The highest BCUT2D eigenvalue weighted by molar-refractivity contribution is 14.0. The molecular weight excluding hydrogens is 408 g/mol. The molecule has 4 nitrogen and oxygen atoms in total. The number of guanidine groups is 1. The SMILES string of the molecule is CN=C(NCCOCCC(C)C)NCc1ccc(C)c(F)c1.I. The number of rotatable bonds is 8. The van der Waals surface area contributed by atoms with Crippen LogP contribution in [0.3, 0.4) is 0 Å². The van der Waals surface area contributed by atoms with Gasteiger partial charge < -0.3 is 15.4 Å². The van der Waals surface area contributed by atoms with Crippen LogP contribution in [0, 0.1) is 18.7 Å². The summed E-state index contributed by atoms with van der Waals surface area (Å²) >= 11 is 0. The summed E-state index contributed by atoms with van der Waals surface area (Å²) in [5.41, 5.74) is 1.55. The van der Waals surface area contributed by atoms with Crippen LogP contribution in [0.5, 0.6) is 0 Å². The van der Waals surface area contributed by atoms with Crippen molar-refractivity contribution < 1.29 is 9.13 Å². The number of nitrogens with one attached hydrogen (secondary N) is 2. The second-order valence-corrected chi connectivity index (χ2v) is 5.73. The zero-order valence-corrected chi connectivity index (χ0v) is 16.8. The number of hydrogen-bond donors (Lipinski definition) is 2. The van der Waals surface area contributed by atoms with Crippen molar-refractivity contribution in [3.63, 3.8) is 0 Å². The van der Waals surface area contributed by atoms with E-state index in [1.165, 1.54) is 0 Å². The Morgan fingerprint density at radius 1 is 1.26 bits per heavy atom. The minimum Gasteiger partial charge on any atom is -0.380 e. The van der Waals surface area contributed by atoms with E-state index in [-0.39, 0.29) is 29.8 Å². The number of halogens is 2. The van der Waals surface area contributed by atoms with Crippen molar-refractivity contribution in [2.45, 2.75) is 33.7 Å². The second kappa shape index (κ2) is 12.5. The molecule has 6 heteroatoms. The van der Waals surface area contributed by atoms with Crippen LogP contribution in [-0.2, 0) is 11.3 Å². The van der Waals surface area contributed by atoms with E-state index < -0.39 is 0 Å². The topological polar surface area (TPSA) is 45.7 Å². The Morgan fingerprint density at radius 3 is 2.61 bits per heavy atom. The number of nitrogens with zero attached hydrogens (tertiary/aromatic N) is 1. The van der Waals surface area contributed by atoms with Gasteiger partial charge in [-0.15, -0.1) is 24.0 Å². The van der Waals surface area contributed by atoms with Crippen LogP contribution in [-0.4, -0.2) is 32.8 Å². The maximum absolute atomic E-state index is 13.5. The highest BCUT2D eigenvalue weighted by atomic mass is 127. The van der Waals surface area contributed by atoms with E-state index >= 15 is 0 Å². The van der Waals surface area contributed by atoms with Crippen LogP contribution < -0.4 is 10.6 Å². The first kappa shape index (κ1) is 22.1. The van der Waals surface area contributed by atoms with Crippen LogP contribution in [0.25, 0.3) is 0 Å². The fraction of sp³-hybridized carbons (Fsp3) is 0.588. The maximum atomic E-state index is 13.5. The van der Waals surface area contributed by atoms with Crippen molar-refractivity contribution in [2.24, 2.45) is 10.9 Å². The van der Waals surface area contributed by atoms with Crippen LogP contribution in [0.2, 0.25) is 0 Å². The molecule has 0 radical (unpaired) electrons. The summed E-state index contributed by atoms with van der Waals surface area (Å²) < 4.78 is 19.0. The highest BCUT2D eigenvalue weighted by Gasteiger charge is 2.01. The lowest BCUT2D eigenvalue weighted by molar-refractivity contribution is 0.128. The van der Waals surface area contributed by atoms with Gasteiger partial charge in [0.25, 0.3) is 0 Å². The number of hydrogen-bond acceptors (Lipinski definition) is 2. The van der Waals surface area contributed by atoms with Crippen molar-refractivity contribution in [1.82, 2.24) is 10.6 Å². The molecule has 0 spiro atoms. The van der Waals surface area contributed by atoms with E-state index in [1.54, 1.807) is 26.1 Å². The third-order valence-electron chi connectivity index (χ3n) is 3.30. The number of benzene rings is 1. The summed E-state index contributed by atoms with van der Waals surface area (Å²) in [5.74, 6) is 1.17. The minimum absolute atomic E-state index is 0. The Labute approximate surface area is 156 Å². The fourth-order valence-electron chi connectivity index (χ4n) is 1.82. The summed E-state index contributed by atoms with van der Waals surface area (Å²) in [7, 11) is 1.71. The smallest absolute Gasteiger partial charge is 0.191 e. The largest absolute Gasteiger partial charge is 0.380 e. The van der Waals surface area contributed by atoms with E-state index in [0.29, 0.717) is 37.1 Å². The molecule has 23 heavy (non-hydrogen) atoms. The molecule has 0 aromatic heterocycles. The van der Waals surface area contributed by atoms with Crippen LogP contribution in [0.15, 0.2) is 23.2 Å². The van der Waals surface area contributed by atoms with E-state index in [9.17, 15) is 4.39 Å². The van der Waals surface area contributed by atoms with Crippen molar-refractivity contribution in [1.29, 1.82) is 0 Å². The molecule has 0 bridgehead atoms. The van der Waals surface area contributed by atoms with Crippen molar-refractivity contribution in [3.8, 4) is 0 Å². The summed E-state index contributed by atoms with van der Waals surface area (Å²) in [6, 6.07) is 5.24. The predicted octanol–water partition coefficient (Wildman–Crippen LogP) is 3.48. The van der Waals surface area contributed by atoms with E-state index in [0.717, 1.165) is 18.6 Å². The van der Waals surface area contributed by atoms with E-state index in [1.807, 2.05) is 6.07 Å². The van der Waals surface area contributed by atoms with Gasteiger partial charge in [0.2, 0.25) is 0 Å². The Bertz CT molecular complexity index is 481. The quantitative estimate of drug-likeness (QED) is 0.283. The molecule has 0 saturated heterocycles. The van der Waals surface area contributed by atoms with Gasteiger partial charge in [0.15, 0.2) is 5.96 Å². The molecular formula is C17H29FIN3O. The second-order valence-electron chi connectivity index (χ2n) is 5.73. The lowest BCUT2D eigenvalue weighted by Gasteiger charge is -2.13. The number of ether oxygens (including phenoxy) is 1. The molecule has 0 heterocycles.